The summed E-state index contributed by atoms with van der Waals surface area (Å²) in [6, 6.07) is 5.60. The van der Waals surface area contributed by atoms with Crippen molar-refractivity contribution >= 4 is 28.5 Å². The molecular formula is C12H13ClN4. The van der Waals surface area contributed by atoms with E-state index in [4.69, 9.17) is 11.6 Å². The van der Waals surface area contributed by atoms with Crippen LogP contribution in [-0.2, 0) is 0 Å². The molecule has 1 aromatic carbocycles. The molecule has 4 nitrogen and oxygen atoms in total. The summed E-state index contributed by atoms with van der Waals surface area (Å²) in [5, 5.41) is 4.02. The monoisotopic (exact) mass is 248 g/mol. The summed E-state index contributed by atoms with van der Waals surface area (Å²) in [6.45, 7) is 3.96. The second-order valence-electron chi connectivity index (χ2n) is 4.10. The third-order valence-electron chi connectivity index (χ3n) is 2.93. The number of anilines is 1. The van der Waals surface area contributed by atoms with Gasteiger partial charge in [0, 0.05) is 31.2 Å². The molecule has 1 N–H and O–H groups in total. The first-order valence-electron chi connectivity index (χ1n) is 5.71. The molecule has 0 saturated carbocycles. The zero-order valence-electron chi connectivity index (χ0n) is 9.36. The highest BCUT2D eigenvalue weighted by molar-refractivity contribution is 6.31. The van der Waals surface area contributed by atoms with Crippen molar-refractivity contribution in [2.75, 3.05) is 31.1 Å². The zero-order valence-corrected chi connectivity index (χ0v) is 10.1. The number of piperazine rings is 1. The van der Waals surface area contributed by atoms with Crippen LogP contribution in [0.1, 0.15) is 0 Å². The van der Waals surface area contributed by atoms with Gasteiger partial charge in [-0.05, 0) is 18.2 Å². The minimum atomic E-state index is 0.696. The Hall–Kier alpha value is -1.39. The fraction of sp³-hybridized carbons (Fsp3) is 0.333. The van der Waals surface area contributed by atoms with Crippen LogP contribution >= 0.6 is 11.6 Å². The maximum atomic E-state index is 5.92. The summed E-state index contributed by atoms with van der Waals surface area (Å²) in [5.41, 5.74) is 1.74. The van der Waals surface area contributed by atoms with Crippen LogP contribution in [0.25, 0.3) is 11.0 Å². The minimum absolute atomic E-state index is 0.696. The molecule has 1 aromatic heterocycles. The van der Waals surface area contributed by atoms with Gasteiger partial charge in [0.25, 0.3) is 0 Å². The minimum Gasteiger partial charge on any atom is -0.353 e. The second-order valence-corrected chi connectivity index (χ2v) is 4.53. The summed E-state index contributed by atoms with van der Waals surface area (Å²) in [7, 11) is 0. The molecule has 0 amide bonds. The van der Waals surface area contributed by atoms with Crippen LogP contribution in [0.15, 0.2) is 24.4 Å². The number of nitrogens with zero attached hydrogens (tertiary/aromatic N) is 3. The molecular weight excluding hydrogens is 236 g/mol. The Bertz CT molecular complexity index is 537. The van der Waals surface area contributed by atoms with Crippen LogP contribution in [0, 0.1) is 0 Å². The molecule has 0 atom stereocenters. The predicted octanol–water partition coefficient (Wildman–Crippen LogP) is 1.69. The van der Waals surface area contributed by atoms with Crippen molar-refractivity contribution in [3.63, 3.8) is 0 Å². The molecule has 2 aromatic rings. The molecule has 1 aliphatic rings. The van der Waals surface area contributed by atoms with Crippen LogP contribution in [0.4, 0.5) is 5.82 Å². The number of aromatic nitrogens is 2. The lowest BCUT2D eigenvalue weighted by Crippen LogP contribution is -2.43. The van der Waals surface area contributed by atoms with E-state index in [0.29, 0.717) is 5.02 Å². The molecule has 88 valence electrons. The highest BCUT2D eigenvalue weighted by Crippen LogP contribution is 2.19. The van der Waals surface area contributed by atoms with Crippen molar-refractivity contribution in [2.24, 2.45) is 0 Å². The fourth-order valence-electron chi connectivity index (χ4n) is 2.02. The van der Waals surface area contributed by atoms with E-state index < -0.39 is 0 Å². The van der Waals surface area contributed by atoms with E-state index in [2.05, 4.69) is 20.2 Å². The SMILES string of the molecule is Clc1ccc2nc(N3CCNCC3)cnc2c1. The van der Waals surface area contributed by atoms with E-state index in [-0.39, 0.29) is 0 Å². The number of benzene rings is 1. The van der Waals surface area contributed by atoms with E-state index in [9.17, 15) is 0 Å². The first kappa shape index (κ1) is 10.7. The summed E-state index contributed by atoms with van der Waals surface area (Å²) >= 11 is 5.92. The van der Waals surface area contributed by atoms with Crippen molar-refractivity contribution < 1.29 is 0 Å². The van der Waals surface area contributed by atoms with Crippen molar-refractivity contribution in [2.45, 2.75) is 0 Å². The number of nitrogens with one attached hydrogen (secondary N) is 1. The largest absolute Gasteiger partial charge is 0.353 e. The molecule has 5 heteroatoms. The number of rotatable bonds is 1. The van der Waals surface area contributed by atoms with Gasteiger partial charge in [0.05, 0.1) is 17.2 Å². The third kappa shape index (κ3) is 2.18. The molecule has 1 aliphatic heterocycles. The molecule has 2 heterocycles. The van der Waals surface area contributed by atoms with Crippen LogP contribution in [-0.4, -0.2) is 36.1 Å². The van der Waals surface area contributed by atoms with Gasteiger partial charge in [-0.1, -0.05) is 11.6 Å². The lowest BCUT2D eigenvalue weighted by atomic mass is 10.3. The first-order valence-corrected chi connectivity index (χ1v) is 6.09. The number of halogens is 1. The quantitative estimate of drug-likeness (QED) is 0.834. The number of fused-ring (bicyclic) bond motifs is 1. The first-order chi connectivity index (χ1) is 8.33. The summed E-state index contributed by atoms with van der Waals surface area (Å²) < 4.78 is 0. The highest BCUT2D eigenvalue weighted by Gasteiger charge is 2.12. The molecule has 0 radical (unpaired) electrons. The van der Waals surface area contributed by atoms with Crippen LogP contribution in [0.3, 0.4) is 0 Å². The zero-order chi connectivity index (χ0) is 11.7. The molecule has 1 saturated heterocycles. The van der Waals surface area contributed by atoms with Gasteiger partial charge in [0.15, 0.2) is 0 Å². The molecule has 0 bridgehead atoms. The molecule has 1 fully saturated rings. The maximum Gasteiger partial charge on any atom is 0.147 e. The Kier molecular flexibility index (Phi) is 2.82. The van der Waals surface area contributed by atoms with Gasteiger partial charge >= 0.3 is 0 Å². The maximum absolute atomic E-state index is 5.92. The van der Waals surface area contributed by atoms with E-state index in [1.54, 1.807) is 0 Å². The van der Waals surface area contributed by atoms with Crippen LogP contribution < -0.4 is 10.2 Å². The van der Waals surface area contributed by atoms with Crippen LogP contribution in [0.2, 0.25) is 5.02 Å². The Morgan fingerprint density at radius 1 is 1.18 bits per heavy atom. The van der Waals surface area contributed by atoms with Gasteiger partial charge in [0.1, 0.15) is 5.82 Å². The van der Waals surface area contributed by atoms with Gasteiger partial charge in [-0.15, -0.1) is 0 Å². The van der Waals surface area contributed by atoms with E-state index >= 15 is 0 Å². The second kappa shape index (κ2) is 4.47. The van der Waals surface area contributed by atoms with Gasteiger partial charge in [0.2, 0.25) is 0 Å². The van der Waals surface area contributed by atoms with E-state index in [0.717, 1.165) is 43.0 Å². The number of hydrogen-bond acceptors (Lipinski definition) is 4. The predicted molar refractivity (Wildman–Crippen MR) is 69.6 cm³/mol. The van der Waals surface area contributed by atoms with E-state index in [1.165, 1.54) is 0 Å². The Balaban J connectivity index is 1.98. The van der Waals surface area contributed by atoms with Crippen molar-refractivity contribution in [1.29, 1.82) is 0 Å². The van der Waals surface area contributed by atoms with Crippen LogP contribution in [0.5, 0.6) is 0 Å². The Labute approximate surface area is 105 Å². The normalized spacial score (nSPS) is 16.4. The molecule has 17 heavy (non-hydrogen) atoms. The van der Waals surface area contributed by atoms with Crippen molar-refractivity contribution in [1.82, 2.24) is 15.3 Å². The van der Waals surface area contributed by atoms with Gasteiger partial charge in [-0.25, -0.2) is 4.98 Å². The highest BCUT2D eigenvalue weighted by atomic mass is 35.5. The fourth-order valence-corrected chi connectivity index (χ4v) is 2.19. The summed E-state index contributed by atoms with van der Waals surface area (Å²) in [5.74, 6) is 0.946. The standard InChI is InChI=1S/C12H13ClN4/c13-9-1-2-10-11(7-9)15-8-12(16-10)17-5-3-14-4-6-17/h1-2,7-8,14H,3-6H2. The van der Waals surface area contributed by atoms with Gasteiger partial charge < -0.3 is 10.2 Å². The van der Waals surface area contributed by atoms with Crippen molar-refractivity contribution in [3.8, 4) is 0 Å². The Morgan fingerprint density at radius 3 is 2.82 bits per heavy atom. The molecule has 0 unspecified atom stereocenters. The lowest BCUT2D eigenvalue weighted by molar-refractivity contribution is 0.585. The van der Waals surface area contributed by atoms with Gasteiger partial charge in [-0.2, -0.15) is 0 Å². The average Bonchev–Trinajstić information content (AvgIpc) is 2.39. The molecule has 3 rings (SSSR count). The molecule has 0 aliphatic carbocycles. The smallest absolute Gasteiger partial charge is 0.147 e. The summed E-state index contributed by atoms with van der Waals surface area (Å²) in [4.78, 5) is 11.3. The Morgan fingerprint density at radius 2 is 2.00 bits per heavy atom. The molecule has 0 spiro atoms. The number of hydrogen-bond donors (Lipinski definition) is 1. The van der Waals surface area contributed by atoms with Crippen molar-refractivity contribution in [3.05, 3.63) is 29.4 Å². The third-order valence-corrected chi connectivity index (χ3v) is 3.17. The summed E-state index contributed by atoms with van der Waals surface area (Å²) in [6.07, 6.45) is 1.82. The topological polar surface area (TPSA) is 41.1 Å². The van der Waals surface area contributed by atoms with Gasteiger partial charge in [-0.3, -0.25) is 4.98 Å². The lowest BCUT2D eigenvalue weighted by Gasteiger charge is -2.28. The average molecular weight is 249 g/mol. The van der Waals surface area contributed by atoms with E-state index in [1.807, 2.05) is 24.4 Å².